The van der Waals surface area contributed by atoms with E-state index in [1.54, 1.807) is 24.3 Å². The Hall–Kier alpha value is -2.46. The number of nitrogens with one attached hydrogen (secondary N) is 1. The molecule has 4 heteroatoms. The van der Waals surface area contributed by atoms with Crippen molar-refractivity contribution in [2.24, 2.45) is 0 Å². The Labute approximate surface area is 161 Å². The fourth-order valence-electron chi connectivity index (χ4n) is 3.49. The predicted octanol–water partition coefficient (Wildman–Crippen LogP) is 4.07. The van der Waals surface area contributed by atoms with Crippen molar-refractivity contribution in [2.75, 3.05) is 19.6 Å². The van der Waals surface area contributed by atoms with Crippen LogP contribution in [0.5, 0.6) is 0 Å². The minimum Gasteiger partial charge on any atom is -0.316 e. The van der Waals surface area contributed by atoms with Crippen molar-refractivity contribution in [3.63, 3.8) is 0 Å². The first-order chi connectivity index (χ1) is 13.3. The molecule has 0 aliphatic carbocycles. The average molecular weight is 364 g/mol. The number of amides is 2. The third-order valence-electron chi connectivity index (χ3n) is 5.05. The second kappa shape index (κ2) is 10.0. The van der Waals surface area contributed by atoms with Crippen LogP contribution in [0.2, 0.25) is 0 Å². The number of imide groups is 1. The summed E-state index contributed by atoms with van der Waals surface area (Å²) in [6.45, 7) is 2.59. The van der Waals surface area contributed by atoms with E-state index in [4.69, 9.17) is 0 Å². The third-order valence-corrected chi connectivity index (χ3v) is 5.05. The van der Waals surface area contributed by atoms with E-state index in [1.165, 1.54) is 23.3 Å². The first-order valence-electron chi connectivity index (χ1n) is 9.97. The standard InChI is InChI=1S/C23H28N2O2/c26-22-20-13-7-8-14-21(20)23(27)25(22)18-10-3-1-2-9-16-24-17-15-19-11-5-4-6-12-19/h4-8,11-14,24H,1-3,9-10,15-18H2. The molecule has 2 amide bonds. The molecule has 1 aliphatic rings. The lowest BCUT2D eigenvalue weighted by molar-refractivity contribution is 0.0651. The molecule has 1 heterocycles. The number of benzene rings is 2. The highest BCUT2D eigenvalue weighted by atomic mass is 16.2. The van der Waals surface area contributed by atoms with Gasteiger partial charge in [0.05, 0.1) is 11.1 Å². The molecule has 0 aromatic heterocycles. The minimum absolute atomic E-state index is 0.141. The zero-order chi connectivity index (χ0) is 18.9. The molecule has 0 saturated carbocycles. The van der Waals surface area contributed by atoms with E-state index in [1.807, 2.05) is 6.07 Å². The Morgan fingerprint density at radius 1 is 0.667 bits per heavy atom. The van der Waals surface area contributed by atoms with Gasteiger partial charge in [0.25, 0.3) is 11.8 Å². The minimum atomic E-state index is -0.141. The number of hydrogen-bond donors (Lipinski definition) is 1. The summed E-state index contributed by atoms with van der Waals surface area (Å²) >= 11 is 0. The first kappa shape index (κ1) is 19.3. The number of rotatable bonds is 11. The highest BCUT2D eigenvalue weighted by Crippen LogP contribution is 2.22. The lowest BCUT2D eigenvalue weighted by atomic mass is 10.1. The number of carbonyl (C=O) groups excluding carboxylic acids is 2. The molecule has 0 saturated heterocycles. The molecule has 1 aliphatic heterocycles. The number of hydrogen-bond acceptors (Lipinski definition) is 3. The van der Waals surface area contributed by atoms with Gasteiger partial charge in [0.2, 0.25) is 0 Å². The summed E-state index contributed by atoms with van der Waals surface area (Å²) < 4.78 is 0. The van der Waals surface area contributed by atoms with E-state index in [9.17, 15) is 9.59 Å². The van der Waals surface area contributed by atoms with E-state index in [-0.39, 0.29) is 11.8 Å². The van der Waals surface area contributed by atoms with Crippen LogP contribution in [0, 0.1) is 0 Å². The summed E-state index contributed by atoms with van der Waals surface area (Å²) in [5.41, 5.74) is 2.46. The number of nitrogens with zero attached hydrogens (tertiary/aromatic N) is 1. The molecular weight excluding hydrogens is 336 g/mol. The third kappa shape index (κ3) is 5.27. The molecule has 0 atom stereocenters. The van der Waals surface area contributed by atoms with Crippen LogP contribution in [0.4, 0.5) is 0 Å². The van der Waals surface area contributed by atoms with Crippen molar-refractivity contribution in [3.8, 4) is 0 Å². The highest BCUT2D eigenvalue weighted by Gasteiger charge is 2.34. The van der Waals surface area contributed by atoms with Gasteiger partial charge in [0, 0.05) is 6.54 Å². The van der Waals surface area contributed by atoms with Crippen LogP contribution in [0.1, 0.15) is 58.4 Å². The zero-order valence-electron chi connectivity index (χ0n) is 15.8. The van der Waals surface area contributed by atoms with Crippen LogP contribution < -0.4 is 5.32 Å². The van der Waals surface area contributed by atoms with E-state index in [2.05, 4.69) is 29.6 Å². The smallest absolute Gasteiger partial charge is 0.261 e. The second-order valence-electron chi connectivity index (χ2n) is 7.06. The van der Waals surface area contributed by atoms with Crippen LogP contribution in [0.3, 0.4) is 0 Å². The lowest BCUT2D eigenvalue weighted by Gasteiger charge is -2.13. The van der Waals surface area contributed by atoms with Crippen molar-refractivity contribution < 1.29 is 9.59 Å². The van der Waals surface area contributed by atoms with Crippen molar-refractivity contribution >= 4 is 11.8 Å². The second-order valence-corrected chi connectivity index (χ2v) is 7.06. The largest absolute Gasteiger partial charge is 0.316 e. The summed E-state index contributed by atoms with van der Waals surface area (Å²) in [5, 5.41) is 3.49. The summed E-state index contributed by atoms with van der Waals surface area (Å²) in [7, 11) is 0. The maximum atomic E-state index is 12.3. The summed E-state index contributed by atoms with van der Waals surface area (Å²) in [6.07, 6.45) is 6.50. The van der Waals surface area contributed by atoms with Crippen LogP contribution in [-0.2, 0) is 6.42 Å². The molecule has 2 aromatic rings. The molecule has 2 aromatic carbocycles. The monoisotopic (exact) mass is 364 g/mol. The van der Waals surface area contributed by atoms with Gasteiger partial charge in [-0.2, -0.15) is 0 Å². The highest BCUT2D eigenvalue weighted by molar-refractivity contribution is 6.21. The Morgan fingerprint density at radius 3 is 1.96 bits per heavy atom. The number of unbranched alkanes of at least 4 members (excludes halogenated alkanes) is 4. The molecule has 27 heavy (non-hydrogen) atoms. The number of carbonyl (C=O) groups is 2. The van der Waals surface area contributed by atoms with Crippen LogP contribution in [0.15, 0.2) is 54.6 Å². The van der Waals surface area contributed by atoms with Gasteiger partial charge in [-0.3, -0.25) is 14.5 Å². The molecule has 142 valence electrons. The van der Waals surface area contributed by atoms with Crippen LogP contribution in [0.25, 0.3) is 0 Å². The molecular formula is C23H28N2O2. The van der Waals surface area contributed by atoms with E-state index in [0.29, 0.717) is 17.7 Å². The molecule has 4 nitrogen and oxygen atoms in total. The topological polar surface area (TPSA) is 49.4 Å². The fraction of sp³-hybridized carbons (Fsp3) is 0.391. The first-order valence-corrected chi connectivity index (χ1v) is 9.97. The van der Waals surface area contributed by atoms with Gasteiger partial charge >= 0.3 is 0 Å². The Bertz CT molecular complexity index is 723. The molecule has 0 radical (unpaired) electrons. The maximum Gasteiger partial charge on any atom is 0.261 e. The van der Waals surface area contributed by atoms with Crippen molar-refractivity contribution in [3.05, 3.63) is 71.3 Å². The van der Waals surface area contributed by atoms with Gasteiger partial charge in [0.1, 0.15) is 0 Å². The van der Waals surface area contributed by atoms with E-state index < -0.39 is 0 Å². The zero-order valence-corrected chi connectivity index (χ0v) is 15.8. The van der Waals surface area contributed by atoms with E-state index in [0.717, 1.165) is 38.8 Å². The van der Waals surface area contributed by atoms with Crippen molar-refractivity contribution in [2.45, 2.75) is 38.5 Å². The summed E-state index contributed by atoms with van der Waals surface area (Å²) in [5.74, 6) is -0.281. The molecule has 0 bridgehead atoms. The van der Waals surface area contributed by atoms with Gasteiger partial charge in [-0.05, 0) is 50.0 Å². The van der Waals surface area contributed by atoms with Gasteiger partial charge < -0.3 is 5.32 Å². The van der Waals surface area contributed by atoms with Crippen molar-refractivity contribution in [1.29, 1.82) is 0 Å². The van der Waals surface area contributed by atoms with Crippen LogP contribution in [-0.4, -0.2) is 36.3 Å². The normalized spacial score (nSPS) is 13.3. The maximum absolute atomic E-state index is 12.3. The summed E-state index contributed by atoms with van der Waals surface area (Å²) in [6, 6.07) is 17.6. The molecule has 1 N–H and O–H groups in total. The summed E-state index contributed by atoms with van der Waals surface area (Å²) in [4.78, 5) is 25.9. The van der Waals surface area contributed by atoms with Gasteiger partial charge in [-0.1, -0.05) is 61.7 Å². The quantitative estimate of drug-likeness (QED) is 0.483. The fourth-order valence-corrected chi connectivity index (χ4v) is 3.49. The molecule has 0 spiro atoms. The van der Waals surface area contributed by atoms with E-state index >= 15 is 0 Å². The molecule has 3 rings (SSSR count). The van der Waals surface area contributed by atoms with Gasteiger partial charge in [-0.15, -0.1) is 0 Å². The Kier molecular flexibility index (Phi) is 7.17. The van der Waals surface area contributed by atoms with Gasteiger partial charge in [-0.25, -0.2) is 0 Å². The SMILES string of the molecule is O=C1c2ccccc2C(=O)N1CCCCCCCNCCc1ccccc1. The average Bonchev–Trinajstić information content (AvgIpc) is 2.95. The van der Waals surface area contributed by atoms with Crippen molar-refractivity contribution in [1.82, 2.24) is 10.2 Å². The predicted molar refractivity (Wildman–Crippen MR) is 108 cm³/mol. The Balaban J connectivity index is 1.21. The molecule has 0 fully saturated rings. The lowest BCUT2D eigenvalue weighted by Crippen LogP contribution is -2.30. The van der Waals surface area contributed by atoms with Crippen LogP contribution >= 0.6 is 0 Å². The van der Waals surface area contributed by atoms with Gasteiger partial charge in [0.15, 0.2) is 0 Å². The molecule has 0 unspecified atom stereocenters. The Morgan fingerprint density at radius 2 is 1.26 bits per heavy atom. The number of fused-ring (bicyclic) bond motifs is 1.